The van der Waals surface area contributed by atoms with Crippen LogP contribution in [0.3, 0.4) is 0 Å². The molecular formula is C13H27N3O. The van der Waals surface area contributed by atoms with Crippen molar-refractivity contribution in [1.82, 2.24) is 15.1 Å². The molecule has 1 aliphatic rings. The van der Waals surface area contributed by atoms with E-state index in [1.165, 1.54) is 0 Å². The largest absolute Gasteiger partial charge is 0.341 e. The van der Waals surface area contributed by atoms with E-state index in [2.05, 4.69) is 31.2 Å². The van der Waals surface area contributed by atoms with Crippen LogP contribution in [-0.2, 0) is 4.79 Å². The summed E-state index contributed by atoms with van der Waals surface area (Å²) in [6, 6.07) is 0. The molecule has 4 nitrogen and oxygen atoms in total. The molecule has 1 atom stereocenters. The number of amides is 1. The Morgan fingerprint density at radius 3 is 2.59 bits per heavy atom. The fourth-order valence-corrected chi connectivity index (χ4v) is 2.24. The molecule has 1 heterocycles. The predicted molar refractivity (Wildman–Crippen MR) is 71.0 cm³/mol. The molecule has 0 saturated carbocycles. The van der Waals surface area contributed by atoms with Gasteiger partial charge < -0.3 is 15.1 Å². The van der Waals surface area contributed by atoms with Gasteiger partial charge in [-0.15, -0.1) is 0 Å². The Hall–Kier alpha value is -0.610. The molecule has 0 unspecified atom stereocenters. The van der Waals surface area contributed by atoms with E-state index in [0.29, 0.717) is 5.91 Å². The summed E-state index contributed by atoms with van der Waals surface area (Å²) in [5.74, 6) is 0.554. The molecule has 0 aromatic heterocycles. The molecule has 0 aliphatic carbocycles. The first-order chi connectivity index (χ1) is 8.15. The second-order valence-corrected chi connectivity index (χ2v) is 5.17. The fraction of sp³-hybridized carbons (Fsp3) is 0.923. The van der Waals surface area contributed by atoms with Crippen LogP contribution in [0.15, 0.2) is 0 Å². The molecule has 1 amide bonds. The van der Waals surface area contributed by atoms with Gasteiger partial charge in [-0.05, 0) is 39.9 Å². The monoisotopic (exact) mass is 241 g/mol. The summed E-state index contributed by atoms with van der Waals surface area (Å²) in [5, 5.41) is 3.32. The van der Waals surface area contributed by atoms with Gasteiger partial charge in [-0.1, -0.05) is 6.92 Å². The summed E-state index contributed by atoms with van der Waals surface area (Å²) in [6.45, 7) is 6.76. The number of carbonyl (C=O) groups excluding carboxylic acids is 1. The normalized spacial score (nSPS) is 20.6. The van der Waals surface area contributed by atoms with Crippen molar-refractivity contribution >= 4 is 5.91 Å². The van der Waals surface area contributed by atoms with Crippen LogP contribution in [0.1, 0.15) is 26.2 Å². The van der Waals surface area contributed by atoms with E-state index in [1.807, 2.05) is 4.90 Å². The van der Waals surface area contributed by atoms with Crippen LogP contribution < -0.4 is 5.32 Å². The number of carbonyl (C=O) groups is 1. The smallest absolute Gasteiger partial charge is 0.227 e. The Balaban J connectivity index is 2.46. The minimum atomic E-state index is 0.206. The molecule has 0 radical (unpaired) electrons. The number of nitrogens with one attached hydrogen (secondary N) is 1. The molecule has 0 aromatic carbocycles. The predicted octanol–water partition coefficient (Wildman–Crippen LogP) is 0.786. The minimum Gasteiger partial charge on any atom is -0.341 e. The average molecular weight is 241 g/mol. The molecule has 0 aromatic rings. The van der Waals surface area contributed by atoms with Crippen LogP contribution in [0.2, 0.25) is 0 Å². The van der Waals surface area contributed by atoms with Gasteiger partial charge in [-0.2, -0.15) is 0 Å². The van der Waals surface area contributed by atoms with Crippen molar-refractivity contribution in [3.05, 3.63) is 0 Å². The number of hydrogen-bond acceptors (Lipinski definition) is 3. The Kier molecular flexibility index (Phi) is 6.52. The number of piperidine rings is 1. The second-order valence-electron chi connectivity index (χ2n) is 5.17. The third kappa shape index (κ3) is 5.04. The highest BCUT2D eigenvalue weighted by molar-refractivity contribution is 5.79. The Labute approximate surface area is 105 Å². The fourth-order valence-electron chi connectivity index (χ4n) is 2.24. The summed E-state index contributed by atoms with van der Waals surface area (Å²) < 4.78 is 0. The molecule has 100 valence electrons. The third-order valence-corrected chi connectivity index (χ3v) is 3.27. The van der Waals surface area contributed by atoms with Crippen molar-refractivity contribution in [3.8, 4) is 0 Å². The summed E-state index contributed by atoms with van der Waals surface area (Å²) in [5.41, 5.74) is 0. The van der Waals surface area contributed by atoms with Gasteiger partial charge >= 0.3 is 0 Å². The second kappa shape index (κ2) is 7.67. The van der Waals surface area contributed by atoms with Gasteiger partial charge in [-0.25, -0.2) is 0 Å². The summed E-state index contributed by atoms with van der Waals surface area (Å²) in [7, 11) is 4.10. The maximum atomic E-state index is 12.4. The minimum absolute atomic E-state index is 0.206. The molecule has 1 saturated heterocycles. The lowest BCUT2D eigenvalue weighted by molar-refractivity contribution is -0.136. The number of likely N-dealkylation sites (N-methyl/N-ethyl adjacent to an activating group) is 1. The first-order valence-corrected chi connectivity index (χ1v) is 6.79. The van der Waals surface area contributed by atoms with Gasteiger partial charge in [-0.3, -0.25) is 4.79 Å². The average Bonchev–Trinajstić information content (AvgIpc) is 2.34. The van der Waals surface area contributed by atoms with Crippen LogP contribution in [0.5, 0.6) is 0 Å². The highest BCUT2D eigenvalue weighted by Crippen LogP contribution is 2.13. The van der Waals surface area contributed by atoms with Crippen molar-refractivity contribution in [2.45, 2.75) is 26.2 Å². The molecule has 1 N–H and O–H groups in total. The number of hydrogen-bond donors (Lipinski definition) is 1. The van der Waals surface area contributed by atoms with Crippen molar-refractivity contribution in [1.29, 1.82) is 0 Å². The van der Waals surface area contributed by atoms with E-state index in [0.717, 1.165) is 52.0 Å². The lowest BCUT2D eigenvalue weighted by Gasteiger charge is -2.30. The summed E-state index contributed by atoms with van der Waals surface area (Å²) in [6.07, 6.45) is 3.22. The van der Waals surface area contributed by atoms with E-state index in [-0.39, 0.29) is 5.92 Å². The molecule has 1 aliphatic heterocycles. The van der Waals surface area contributed by atoms with Crippen LogP contribution in [0, 0.1) is 5.92 Å². The van der Waals surface area contributed by atoms with Gasteiger partial charge in [0.2, 0.25) is 5.91 Å². The Morgan fingerprint density at radius 2 is 2.06 bits per heavy atom. The van der Waals surface area contributed by atoms with Crippen molar-refractivity contribution in [2.24, 2.45) is 5.92 Å². The summed E-state index contributed by atoms with van der Waals surface area (Å²) in [4.78, 5) is 16.5. The lowest BCUT2D eigenvalue weighted by atomic mass is 9.98. The highest BCUT2D eigenvalue weighted by Gasteiger charge is 2.25. The standard InChI is InChI=1S/C13H27N3O/c1-4-8-16(10-9-15(2)3)13(17)12-6-5-7-14-11-12/h12,14H,4-11H2,1-3H3/t12-/m0/s1. The van der Waals surface area contributed by atoms with E-state index in [9.17, 15) is 4.79 Å². The first-order valence-electron chi connectivity index (χ1n) is 6.79. The van der Waals surface area contributed by atoms with Crippen LogP contribution in [0.25, 0.3) is 0 Å². The topological polar surface area (TPSA) is 35.6 Å². The molecule has 4 heteroatoms. The van der Waals surface area contributed by atoms with Gasteiger partial charge in [0, 0.05) is 26.2 Å². The van der Waals surface area contributed by atoms with E-state index >= 15 is 0 Å². The maximum Gasteiger partial charge on any atom is 0.227 e. The Morgan fingerprint density at radius 1 is 1.29 bits per heavy atom. The summed E-state index contributed by atoms with van der Waals surface area (Å²) >= 11 is 0. The SMILES string of the molecule is CCCN(CCN(C)C)C(=O)[C@H]1CCCNC1. The maximum absolute atomic E-state index is 12.4. The van der Waals surface area contributed by atoms with Gasteiger partial charge in [0.1, 0.15) is 0 Å². The zero-order chi connectivity index (χ0) is 12.7. The molecule has 0 bridgehead atoms. The van der Waals surface area contributed by atoms with Crippen molar-refractivity contribution in [2.75, 3.05) is 46.8 Å². The quantitative estimate of drug-likeness (QED) is 0.747. The third-order valence-electron chi connectivity index (χ3n) is 3.27. The van der Waals surface area contributed by atoms with Crippen molar-refractivity contribution in [3.63, 3.8) is 0 Å². The van der Waals surface area contributed by atoms with Crippen molar-refractivity contribution < 1.29 is 4.79 Å². The van der Waals surface area contributed by atoms with Gasteiger partial charge in [0.15, 0.2) is 0 Å². The van der Waals surface area contributed by atoms with Crippen LogP contribution >= 0.6 is 0 Å². The van der Waals surface area contributed by atoms with Gasteiger partial charge in [0.25, 0.3) is 0 Å². The molecule has 0 spiro atoms. The number of nitrogens with zero attached hydrogens (tertiary/aromatic N) is 2. The van der Waals surface area contributed by atoms with E-state index < -0.39 is 0 Å². The van der Waals surface area contributed by atoms with Gasteiger partial charge in [0.05, 0.1) is 5.92 Å². The Bertz CT molecular complexity index is 225. The molecule has 17 heavy (non-hydrogen) atoms. The van der Waals surface area contributed by atoms with E-state index in [1.54, 1.807) is 0 Å². The molecule has 1 fully saturated rings. The van der Waals surface area contributed by atoms with E-state index in [4.69, 9.17) is 0 Å². The van der Waals surface area contributed by atoms with Crippen LogP contribution in [0.4, 0.5) is 0 Å². The molecular weight excluding hydrogens is 214 g/mol. The number of rotatable bonds is 6. The zero-order valence-electron chi connectivity index (χ0n) is 11.5. The first kappa shape index (κ1) is 14.5. The van der Waals surface area contributed by atoms with Crippen LogP contribution in [-0.4, -0.2) is 62.5 Å². The highest BCUT2D eigenvalue weighted by atomic mass is 16.2. The zero-order valence-corrected chi connectivity index (χ0v) is 11.5. The molecule has 1 rings (SSSR count). The lowest BCUT2D eigenvalue weighted by Crippen LogP contribution is -2.45.